The summed E-state index contributed by atoms with van der Waals surface area (Å²) in [4.78, 5) is 5.52. The van der Waals surface area contributed by atoms with Gasteiger partial charge >= 0.3 is 0 Å². The molecular weight excluding hydrogens is 364 g/mol. The highest BCUT2D eigenvalue weighted by molar-refractivity contribution is 7.92. The first-order valence-electron chi connectivity index (χ1n) is 8.20. The van der Waals surface area contributed by atoms with Crippen molar-refractivity contribution in [2.45, 2.75) is 20.4 Å². The molecule has 6 heteroatoms. The van der Waals surface area contributed by atoms with Crippen LogP contribution < -0.4 is 4.72 Å². The van der Waals surface area contributed by atoms with Crippen LogP contribution in [0.2, 0.25) is 0 Å². The molecule has 3 rings (SSSR count). The Balaban J connectivity index is 1.72. The number of benzene rings is 2. The van der Waals surface area contributed by atoms with Gasteiger partial charge in [0.15, 0.2) is 0 Å². The van der Waals surface area contributed by atoms with Crippen molar-refractivity contribution >= 4 is 27.4 Å². The first kappa shape index (κ1) is 18.5. The monoisotopic (exact) mass is 384 g/mol. The van der Waals surface area contributed by atoms with Crippen LogP contribution in [0.15, 0.2) is 60.0 Å². The Morgan fingerprint density at radius 3 is 2.46 bits per heavy atom. The van der Waals surface area contributed by atoms with Crippen LogP contribution >= 0.6 is 11.3 Å². The van der Waals surface area contributed by atoms with Crippen LogP contribution in [0.4, 0.5) is 0 Å². The van der Waals surface area contributed by atoms with Crippen molar-refractivity contribution in [1.29, 1.82) is 0 Å². The van der Waals surface area contributed by atoms with Gasteiger partial charge in [-0.05, 0) is 31.1 Å². The van der Waals surface area contributed by atoms with E-state index < -0.39 is 10.0 Å². The van der Waals surface area contributed by atoms with E-state index >= 15 is 0 Å². The number of rotatable bonds is 6. The van der Waals surface area contributed by atoms with Crippen molar-refractivity contribution < 1.29 is 8.42 Å². The van der Waals surface area contributed by atoms with E-state index in [1.807, 2.05) is 68.4 Å². The second-order valence-corrected chi connectivity index (χ2v) is 8.66. The lowest BCUT2D eigenvalue weighted by Gasteiger charge is -2.02. The van der Waals surface area contributed by atoms with Gasteiger partial charge in [-0.2, -0.15) is 0 Å². The molecule has 0 amide bonds. The van der Waals surface area contributed by atoms with Gasteiger partial charge in [0, 0.05) is 22.4 Å². The molecule has 0 radical (unpaired) electrons. The summed E-state index contributed by atoms with van der Waals surface area (Å²) >= 11 is 1.52. The number of nitrogens with one attached hydrogen (secondary N) is 1. The molecule has 0 aliphatic rings. The van der Waals surface area contributed by atoms with Gasteiger partial charge in [-0.1, -0.05) is 54.6 Å². The van der Waals surface area contributed by atoms with Crippen LogP contribution in [0.1, 0.15) is 21.7 Å². The summed E-state index contributed by atoms with van der Waals surface area (Å²) in [6.45, 7) is 4.18. The van der Waals surface area contributed by atoms with Crippen LogP contribution in [0.25, 0.3) is 16.6 Å². The Hall–Kier alpha value is -2.28. The smallest absolute Gasteiger partial charge is 0.234 e. The van der Waals surface area contributed by atoms with Crippen molar-refractivity contribution in [2.75, 3.05) is 0 Å². The Kier molecular flexibility index (Phi) is 5.66. The molecule has 0 aliphatic carbocycles. The molecule has 0 saturated heterocycles. The Bertz CT molecular complexity index is 1020. The molecule has 134 valence electrons. The number of hydrogen-bond donors (Lipinski definition) is 1. The van der Waals surface area contributed by atoms with Crippen LogP contribution in [0.3, 0.4) is 0 Å². The molecule has 0 bridgehead atoms. The van der Waals surface area contributed by atoms with Gasteiger partial charge in [0.05, 0.1) is 5.69 Å². The lowest BCUT2D eigenvalue weighted by atomic mass is 10.1. The topological polar surface area (TPSA) is 59.1 Å². The Morgan fingerprint density at radius 2 is 1.73 bits per heavy atom. The molecule has 0 atom stereocenters. The third-order valence-electron chi connectivity index (χ3n) is 3.94. The van der Waals surface area contributed by atoms with Gasteiger partial charge in [-0.15, -0.1) is 11.3 Å². The van der Waals surface area contributed by atoms with Crippen molar-refractivity contribution in [3.05, 3.63) is 81.7 Å². The van der Waals surface area contributed by atoms with Gasteiger partial charge < -0.3 is 0 Å². The van der Waals surface area contributed by atoms with Gasteiger partial charge in [0.2, 0.25) is 10.0 Å². The lowest BCUT2D eigenvalue weighted by molar-refractivity contribution is 0.591. The molecule has 0 saturated carbocycles. The van der Waals surface area contributed by atoms with Crippen LogP contribution in [0, 0.1) is 13.8 Å². The van der Waals surface area contributed by atoms with Crippen molar-refractivity contribution in [1.82, 2.24) is 9.71 Å². The molecule has 0 unspecified atom stereocenters. The van der Waals surface area contributed by atoms with E-state index in [1.54, 1.807) is 6.08 Å². The third-order valence-corrected chi connectivity index (χ3v) is 6.17. The fourth-order valence-electron chi connectivity index (χ4n) is 2.47. The largest absolute Gasteiger partial charge is 0.241 e. The predicted octanol–water partition coefficient (Wildman–Crippen LogP) is 4.52. The highest BCUT2D eigenvalue weighted by Gasteiger charge is 2.13. The summed E-state index contributed by atoms with van der Waals surface area (Å²) in [5.41, 5.74) is 3.93. The SMILES string of the molecule is Cc1ccccc1-c1nc(C)c(CNS(=O)(=O)C=Cc2ccccc2)s1. The minimum atomic E-state index is -3.51. The van der Waals surface area contributed by atoms with Gasteiger partial charge in [-0.25, -0.2) is 18.1 Å². The minimum absolute atomic E-state index is 0.233. The van der Waals surface area contributed by atoms with Crippen LogP contribution in [-0.4, -0.2) is 13.4 Å². The third kappa shape index (κ3) is 4.66. The number of thiazole rings is 1. The average molecular weight is 385 g/mol. The maximum Gasteiger partial charge on any atom is 0.234 e. The van der Waals surface area contributed by atoms with E-state index in [0.29, 0.717) is 0 Å². The minimum Gasteiger partial charge on any atom is -0.241 e. The number of aromatic nitrogens is 1. The summed E-state index contributed by atoms with van der Waals surface area (Å²) in [6, 6.07) is 17.4. The number of hydrogen-bond acceptors (Lipinski definition) is 4. The molecule has 26 heavy (non-hydrogen) atoms. The lowest BCUT2D eigenvalue weighted by Crippen LogP contribution is -2.20. The molecule has 1 heterocycles. The maximum absolute atomic E-state index is 12.2. The quantitative estimate of drug-likeness (QED) is 0.680. The number of aryl methyl sites for hydroxylation is 2. The summed E-state index contributed by atoms with van der Waals surface area (Å²) in [7, 11) is -3.51. The summed E-state index contributed by atoms with van der Waals surface area (Å²) in [5, 5.41) is 2.11. The molecule has 0 spiro atoms. The standard InChI is InChI=1S/C20H20N2O2S2/c1-15-8-6-7-11-18(15)20-22-16(2)19(25-20)14-21-26(23,24)13-12-17-9-4-3-5-10-17/h3-13,21H,14H2,1-2H3. The molecular formula is C20H20N2O2S2. The molecule has 3 aromatic rings. The van der Waals surface area contributed by atoms with Crippen molar-refractivity contribution in [2.24, 2.45) is 0 Å². The molecule has 0 fully saturated rings. The molecule has 1 aromatic heterocycles. The van der Waals surface area contributed by atoms with E-state index in [4.69, 9.17) is 0 Å². The van der Waals surface area contributed by atoms with Crippen molar-refractivity contribution in [3.8, 4) is 10.6 Å². The number of sulfonamides is 1. The van der Waals surface area contributed by atoms with Gasteiger partial charge in [0.25, 0.3) is 0 Å². The highest BCUT2D eigenvalue weighted by atomic mass is 32.2. The van der Waals surface area contributed by atoms with Crippen LogP contribution in [-0.2, 0) is 16.6 Å². The fourth-order valence-corrected chi connectivity index (χ4v) is 4.43. The Morgan fingerprint density at radius 1 is 1.04 bits per heavy atom. The first-order valence-corrected chi connectivity index (χ1v) is 10.6. The maximum atomic E-state index is 12.2. The van der Waals surface area contributed by atoms with E-state index in [0.717, 1.165) is 32.3 Å². The molecule has 4 nitrogen and oxygen atoms in total. The zero-order valence-electron chi connectivity index (χ0n) is 14.6. The fraction of sp³-hybridized carbons (Fsp3) is 0.150. The second kappa shape index (κ2) is 7.95. The highest BCUT2D eigenvalue weighted by Crippen LogP contribution is 2.30. The predicted molar refractivity (Wildman–Crippen MR) is 108 cm³/mol. The van der Waals surface area contributed by atoms with Gasteiger partial charge in [0.1, 0.15) is 5.01 Å². The normalized spacial score (nSPS) is 11.9. The molecule has 1 N–H and O–H groups in total. The van der Waals surface area contributed by atoms with Crippen LogP contribution in [0.5, 0.6) is 0 Å². The zero-order chi connectivity index (χ0) is 18.6. The summed E-state index contributed by atoms with van der Waals surface area (Å²) in [5.74, 6) is 0. The first-order chi connectivity index (χ1) is 12.4. The second-order valence-electron chi connectivity index (χ2n) is 5.92. The summed E-state index contributed by atoms with van der Waals surface area (Å²) in [6.07, 6.45) is 1.58. The van der Waals surface area contributed by atoms with E-state index in [9.17, 15) is 8.42 Å². The Labute approximate surface area is 158 Å². The van der Waals surface area contributed by atoms with E-state index in [1.165, 1.54) is 16.7 Å². The number of nitrogens with zero attached hydrogens (tertiary/aromatic N) is 1. The molecule has 2 aromatic carbocycles. The molecule has 0 aliphatic heterocycles. The average Bonchev–Trinajstić information content (AvgIpc) is 3.00. The van der Waals surface area contributed by atoms with Crippen molar-refractivity contribution in [3.63, 3.8) is 0 Å². The van der Waals surface area contributed by atoms with E-state index in [2.05, 4.69) is 9.71 Å². The van der Waals surface area contributed by atoms with Gasteiger partial charge in [-0.3, -0.25) is 0 Å². The zero-order valence-corrected chi connectivity index (χ0v) is 16.3. The summed E-state index contributed by atoms with van der Waals surface area (Å²) < 4.78 is 27.0. The van der Waals surface area contributed by atoms with E-state index in [-0.39, 0.29) is 6.54 Å².